The molecule has 1 aromatic rings. The summed E-state index contributed by atoms with van der Waals surface area (Å²) in [4.78, 5) is 12.0. The van der Waals surface area contributed by atoms with Crippen LogP contribution in [0.2, 0.25) is 0 Å². The zero-order chi connectivity index (χ0) is 15.2. The van der Waals surface area contributed by atoms with E-state index in [0.29, 0.717) is 6.54 Å². The molecule has 1 aliphatic rings. The van der Waals surface area contributed by atoms with Gasteiger partial charge in [-0.3, -0.25) is 4.79 Å². The number of amides is 1. The molecule has 3 N–H and O–H groups in total. The SMILES string of the molecule is NC[C@H]1CCC[C@H]1C(=O)NCCOc1ccc(F)cc1F. The lowest BCUT2D eigenvalue weighted by Crippen LogP contribution is -2.37. The second-order valence-electron chi connectivity index (χ2n) is 5.25. The second kappa shape index (κ2) is 7.36. The minimum absolute atomic E-state index is 0.0219. The first-order valence-corrected chi connectivity index (χ1v) is 7.17. The quantitative estimate of drug-likeness (QED) is 0.788. The molecule has 0 spiro atoms. The predicted octanol–water partition coefficient (Wildman–Crippen LogP) is 1.83. The van der Waals surface area contributed by atoms with Gasteiger partial charge >= 0.3 is 0 Å². The zero-order valence-electron chi connectivity index (χ0n) is 11.8. The number of halogens is 2. The molecule has 0 radical (unpaired) electrons. The average Bonchev–Trinajstić information content (AvgIpc) is 2.93. The molecule has 0 aromatic heterocycles. The van der Waals surface area contributed by atoms with Crippen molar-refractivity contribution in [2.45, 2.75) is 19.3 Å². The molecule has 1 saturated carbocycles. The molecule has 1 aliphatic carbocycles. The highest BCUT2D eigenvalue weighted by atomic mass is 19.1. The molecule has 0 saturated heterocycles. The van der Waals surface area contributed by atoms with Crippen LogP contribution in [0.15, 0.2) is 18.2 Å². The van der Waals surface area contributed by atoms with Gasteiger partial charge in [0.25, 0.3) is 0 Å². The Balaban J connectivity index is 1.73. The smallest absolute Gasteiger partial charge is 0.223 e. The summed E-state index contributed by atoms with van der Waals surface area (Å²) in [5.74, 6) is -1.22. The van der Waals surface area contributed by atoms with Crippen molar-refractivity contribution < 1.29 is 18.3 Å². The maximum Gasteiger partial charge on any atom is 0.223 e. The van der Waals surface area contributed by atoms with E-state index in [1.807, 2.05) is 0 Å². The summed E-state index contributed by atoms with van der Waals surface area (Å²) in [6, 6.07) is 3.12. The fourth-order valence-corrected chi connectivity index (χ4v) is 2.72. The van der Waals surface area contributed by atoms with E-state index in [2.05, 4.69) is 5.32 Å². The van der Waals surface area contributed by atoms with E-state index in [-0.39, 0.29) is 36.6 Å². The van der Waals surface area contributed by atoms with E-state index < -0.39 is 11.6 Å². The maximum absolute atomic E-state index is 13.3. The van der Waals surface area contributed by atoms with Crippen LogP contribution in [0, 0.1) is 23.5 Å². The molecule has 0 aliphatic heterocycles. The van der Waals surface area contributed by atoms with Crippen molar-refractivity contribution in [3.05, 3.63) is 29.8 Å². The molecule has 0 unspecified atom stereocenters. The number of hydrogen-bond donors (Lipinski definition) is 2. The lowest BCUT2D eigenvalue weighted by Gasteiger charge is -2.17. The molecule has 2 rings (SSSR count). The molecule has 1 amide bonds. The summed E-state index contributed by atoms with van der Waals surface area (Å²) in [5, 5.41) is 2.77. The Kier molecular flexibility index (Phi) is 5.50. The van der Waals surface area contributed by atoms with Gasteiger partial charge < -0.3 is 15.8 Å². The fraction of sp³-hybridized carbons (Fsp3) is 0.533. The molecular weight excluding hydrogens is 278 g/mol. The summed E-state index contributed by atoms with van der Waals surface area (Å²) in [6.07, 6.45) is 2.88. The molecule has 4 nitrogen and oxygen atoms in total. The highest BCUT2D eigenvalue weighted by Gasteiger charge is 2.31. The Hall–Kier alpha value is -1.69. The Morgan fingerprint density at radius 1 is 1.38 bits per heavy atom. The molecule has 1 aromatic carbocycles. The van der Waals surface area contributed by atoms with Gasteiger partial charge in [-0.2, -0.15) is 0 Å². The van der Waals surface area contributed by atoms with E-state index in [1.54, 1.807) is 0 Å². The molecular formula is C15H20F2N2O2. The van der Waals surface area contributed by atoms with Crippen molar-refractivity contribution in [3.8, 4) is 5.75 Å². The number of hydrogen-bond acceptors (Lipinski definition) is 3. The number of nitrogens with two attached hydrogens (primary N) is 1. The Labute approximate surface area is 122 Å². The van der Waals surface area contributed by atoms with E-state index in [9.17, 15) is 13.6 Å². The third-order valence-electron chi connectivity index (χ3n) is 3.85. The monoisotopic (exact) mass is 298 g/mol. The van der Waals surface area contributed by atoms with Gasteiger partial charge in [-0.05, 0) is 37.4 Å². The van der Waals surface area contributed by atoms with Gasteiger partial charge in [-0.15, -0.1) is 0 Å². The highest BCUT2D eigenvalue weighted by molar-refractivity contribution is 5.79. The molecule has 21 heavy (non-hydrogen) atoms. The van der Waals surface area contributed by atoms with Gasteiger partial charge in [0.2, 0.25) is 5.91 Å². The third kappa shape index (κ3) is 4.14. The largest absolute Gasteiger partial charge is 0.489 e. The van der Waals surface area contributed by atoms with Crippen LogP contribution in [-0.4, -0.2) is 25.6 Å². The zero-order valence-corrected chi connectivity index (χ0v) is 11.8. The minimum Gasteiger partial charge on any atom is -0.489 e. The van der Waals surface area contributed by atoms with Crippen molar-refractivity contribution >= 4 is 5.91 Å². The van der Waals surface area contributed by atoms with Crippen molar-refractivity contribution in [1.82, 2.24) is 5.32 Å². The number of rotatable bonds is 6. The summed E-state index contributed by atoms with van der Waals surface area (Å²) >= 11 is 0. The van der Waals surface area contributed by atoms with Crippen LogP contribution in [0.3, 0.4) is 0 Å². The Bertz CT molecular complexity index is 497. The molecule has 0 bridgehead atoms. The topological polar surface area (TPSA) is 64.4 Å². The molecule has 116 valence electrons. The Morgan fingerprint density at radius 3 is 2.90 bits per heavy atom. The van der Waals surface area contributed by atoms with Crippen LogP contribution in [0.1, 0.15) is 19.3 Å². The highest BCUT2D eigenvalue weighted by Crippen LogP contribution is 2.30. The normalized spacial score (nSPS) is 21.3. The summed E-state index contributed by atoms with van der Waals surface area (Å²) in [6.45, 7) is 0.938. The lowest BCUT2D eigenvalue weighted by molar-refractivity contribution is -0.126. The fourth-order valence-electron chi connectivity index (χ4n) is 2.72. The molecule has 2 atom stereocenters. The van der Waals surface area contributed by atoms with Gasteiger partial charge in [0.15, 0.2) is 11.6 Å². The number of nitrogens with one attached hydrogen (secondary N) is 1. The van der Waals surface area contributed by atoms with Crippen LogP contribution in [0.5, 0.6) is 5.75 Å². The maximum atomic E-state index is 13.3. The third-order valence-corrected chi connectivity index (χ3v) is 3.85. The van der Waals surface area contributed by atoms with E-state index in [4.69, 9.17) is 10.5 Å². The van der Waals surface area contributed by atoms with E-state index in [0.717, 1.165) is 31.4 Å². The van der Waals surface area contributed by atoms with Crippen molar-refractivity contribution in [2.75, 3.05) is 19.7 Å². The molecule has 1 fully saturated rings. The summed E-state index contributed by atoms with van der Waals surface area (Å²) in [5.41, 5.74) is 5.64. The van der Waals surface area contributed by atoms with Crippen molar-refractivity contribution in [3.63, 3.8) is 0 Å². The number of carbonyl (C=O) groups is 1. The van der Waals surface area contributed by atoms with Crippen molar-refractivity contribution in [2.24, 2.45) is 17.6 Å². The molecule has 6 heteroatoms. The van der Waals surface area contributed by atoms with Crippen LogP contribution in [-0.2, 0) is 4.79 Å². The van der Waals surface area contributed by atoms with Crippen LogP contribution in [0.25, 0.3) is 0 Å². The minimum atomic E-state index is -0.750. The average molecular weight is 298 g/mol. The first kappa shape index (κ1) is 15.7. The summed E-state index contributed by atoms with van der Waals surface area (Å²) in [7, 11) is 0. The van der Waals surface area contributed by atoms with Crippen molar-refractivity contribution in [1.29, 1.82) is 0 Å². The Morgan fingerprint density at radius 2 is 2.19 bits per heavy atom. The number of benzene rings is 1. The van der Waals surface area contributed by atoms with Crippen LogP contribution >= 0.6 is 0 Å². The van der Waals surface area contributed by atoms with Gasteiger partial charge in [0, 0.05) is 12.0 Å². The predicted molar refractivity (Wildman–Crippen MR) is 74.7 cm³/mol. The lowest BCUT2D eigenvalue weighted by atomic mass is 9.95. The second-order valence-corrected chi connectivity index (χ2v) is 5.25. The first-order chi connectivity index (χ1) is 10.1. The van der Waals surface area contributed by atoms with Gasteiger partial charge in [-0.1, -0.05) is 6.42 Å². The van der Waals surface area contributed by atoms with Crippen LogP contribution in [0.4, 0.5) is 8.78 Å². The van der Waals surface area contributed by atoms with Crippen LogP contribution < -0.4 is 15.8 Å². The van der Waals surface area contributed by atoms with Gasteiger partial charge in [0.05, 0.1) is 6.54 Å². The van der Waals surface area contributed by atoms with Gasteiger partial charge in [-0.25, -0.2) is 8.78 Å². The number of carbonyl (C=O) groups excluding carboxylic acids is 1. The standard InChI is InChI=1S/C15H20F2N2O2/c16-11-4-5-14(13(17)8-11)21-7-6-19-15(20)12-3-1-2-10(12)9-18/h4-5,8,10,12H,1-3,6-7,9,18H2,(H,19,20)/t10-,12-/m1/s1. The number of ether oxygens (including phenoxy) is 1. The van der Waals surface area contributed by atoms with Gasteiger partial charge in [0.1, 0.15) is 12.4 Å². The summed E-state index contributed by atoms with van der Waals surface area (Å²) < 4.78 is 31.2. The molecule has 0 heterocycles. The first-order valence-electron chi connectivity index (χ1n) is 7.17. The van der Waals surface area contributed by atoms with E-state index in [1.165, 1.54) is 6.07 Å². The van der Waals surface area contributed by atoms with E-state index >= 15 is 0 Å².